The van der Waals surface area contributed by atoms with Gasteiger partial charge in [0.2, 0.25) is 5.88 Å². The molecule has 1 aliphatic carbocycles. The van der Waals surface area contributed by atoms with Crippen molar-refractivity contribution in [2.45, 2.75) is 85.2 Å². The second kappa shape index (κ2) is 10.3. The molecule has 0 aromatic carbocycles. The first-order chi connectivity index (χ1) is 17.3. The van der Waals surface area contributed by atoms with E-state index in [2.05, 4.69) is 63.4 Å². The highest BCUT2D eigenvalue weighted by atomic mass is 32.1. The predicted molar refractivity (Wildman–Crippen MR) is 143 cm³/mol. The Kier molecular flexibility index (Phi) is 7.50. The van der Waals surface area contributed by atoms with Crippen molar-refractivity contribution in [3.05, 3.63) is 51.0 Å². The molecule has 1 aliphatic rings. The van der Waals surface area contributed by atoms with Crippen molar-refractivity contribution in [2.75, 3.05) is 11.9 Å². The molecule has 198 valence electrons. The van der Waals surface area contributed by atoms with E-state index < -0.39 is 11.7 Å². The standard InChI is InChI=1S/C27H36N6O3S/c1-15-9-10-20(28-13-15)18-11-17(18)14-35-23-19(12-21-32-33-24(37-21)26(3,4)5)22(29-16(2)30-23)31-25(34)36-27(6,7)8/h9-10,13,17-18H,11-12,14H2,1-8H3,(H,29,30,31,34)/t17-,18+/m1/s1. The van der Waals surface area contributed by atoms with Gasteiger partial charge in [-0.05, 0) is 52.7 Å². The Hall–Kier alpha value is -3.14. The maximum atomic E-state index is 12.6. The summed E-state index contributed by atoms with van der Waals surface area (Å²) in [7, 11) is 0. The number of pyridine rings is 1. The predicted octanol–water partition coefficient (Wildman–Crippen LogP) is 5.76. The van der Waals surface area contributed by atoms with Crippen LogP contribution in [0.4, 0.5) is 10.6 Å². The number of nitrogens with zero attached hydrogens (tertiary/aromatic N) is 5. The van der Waals surface area contributed by atoms with E-state index in [0.29, 0.717) is 47.9 Å². The number of amides is 1. The molecule has 3 aromatic rings. The second-order valence-corrected chi connectivity index (χ2v) is 12.7. The number of rotatable bonds is 7. The Bertz CT molecular complexity index is 1260. The highest BCUT2D eigenvalue weighted by Crippen LogP contribution is 2.47. The van der Waals surface area contributed by atoms with Crippen molar-refractivity contribution in [1.29, 1.82) is 0 Å². The third kappa shape index (κ3) is 7.21. The van der Waals surface area contributed by atoms with Crippen molar-refractivity contribution in [1.82, 2.24) is 25.1 Å². The lowest BCUT2D eigenvalue weighted by atomic mass is 9.98. The average molecular weight is 525 g/mol. The molecule has 1 amide bonds. The third-order valence-corrected chi connectivity index (χ3v) is 7.16. The summed E-state index contributed by atoms with van der Waals surface area (Å²) in [6.07, 6.45) is 2.71. The first-order valence-electron chi connectivity index (χ1n) is 12.5. The Morgan fingerprint density at radius 1 is 1.11 bits per heavy atom. The number of hydrogen-bond acceptors (Lipinski definition) is 9. The fraction of sp³-hybridized carbons (Fsp3) is 0.556. The van der Waals surface area contributed by atoms with Gasteiger partial charge in [0.05, 0.1) is 12.2 Å². The Balaban J connectivity index is 1.57. The van der Waals surface area contributed by atoms with Crippen molar-refractivity contribution < 1.29 is 14.3 Å². The molecule has 0 unspecified atom stereocenters. The average Bonchev–Trinajstić information content (AvgIpc) is 3.38. The van der Waals surface area contributed by atoms with E-state index in [1.165, 1.54) is 11.3 Å². The maximum absolute atomic E-state index is 12.6. The summed E-state index contributed by atoms with van der Waals surface area (Å²) in [4.78, 5) is 26.3. The summed E-state index contributed by atoms with van der Waals surface area (Å²) < 4.78 is 11.7. The molecular formula is C27H36N6O3S. The number of anilines is 1. The largest absolute Gasteiger partial charge is 0.477 e. The van der Waals surface area contributed by atoms with E-state index in [1.807, 2.05) is 33.9 Å². The summed E-state index contributed by atoms with van der Waals surface area (Å²) in [5, 5.41) is 13.3. The number of ether oxygens (including phenoxy) is 2. The topological polar surface area (TPSA) is 112 Å². The number of aryl methyl sites for hydroxylation is 2. The van der Waals surface area contributed by atoms with E-state index in [0.717, 1.165) is 27.7 Å². The smallest absolute Gasteiger partial charge is 0.413 e. The zero-order valence-corrected chi connectivity index (χ0v) is 23.7. The molecule has 0 radical (unpaired) electrons. The van der Waals surface area contributed by atoms with Crippen molar-refractivity contribution in [3.8, 4) is 5.88 Å². The van der Waals surface area contributed by atoms with Gasteiger partial charge in [-0.25, -0.2) is 9.78 Å². The lowest BCUT2D eigenvalue weighted by molar-refractivity contribution is 0.0635. The summed E-state index contributed by atoms with van der Waals surface area (Å²) in [5.41, 5.74) is 2.14. The zero-order chi connectivity index (χ0) is 27.0. The molecule has 10 heteroatoms. The highest BCUT2D eigenvalue weighted by Gasteiger charge is 2.40. The van der Waals surface area contributed by atoms with Gasteiger partial charge in [0, 0.05) is 35.6 Å². The van der Waals surface area contributed by atoms with Gasteiger partial charge in [-0.15, -0.1) is 21.5 Å². The van der Waals surface area contributed by atoms with Crippen molar-refractivity contribution >= 4 is 23.2 Å². The minimum atomic E-state index is -0.641. The van der Waals surface area contributed by atoms with Crippen LogP contribution in [0.1, 0.15) is 86.5 Å². The summed E-state index contributed by atoms with van der Waals surface area (Å²) in [6, 6.07) is 4.18. The third-order valence-electron chi connectivity index (χ3n) is 5.81. The van der Waals surface area contributed by atoms with Gasteiger partial charge in [0.15, 0.2) is 0 Å². The van der Waals surface area contributed by atoms with Crippen LogP contribution >= 0.6 is 11.3 Å². The Morgan fingerprint density at radius 2 is 1.86 bits per heavy atom. The summed E-state index contributed by atoms with van der Waals surface area (Å²) in [5.74, 6) is 2.02. The molecule has 4 rings (SSSR count). The molecule has 0 saturated heterocycles. The lowest BCUT2D eigenvalue weighted by Gasteiger charge is -2.20. The first kappa shape index (κ1) is 26.9. The van der Waals surface area contributed by atoms with E-state index in [9.17, 15) is 4.79 Å². The van der Waals surface area contributed by atoms with Crippen LogP contribution in [-0.2, 0) is 16.6 Å². The highest BCUT2D eigenvalue weighted by molar-refractivity contribution is 7.11. The molecule has 9 nitrogen and oxygen atoms in total. The van der Waals surface area contributed by atoms with Gasteiger partial charge < -0.3 is 9.47 Å². The van der Waals surface area contributed by atoms with Crippen LogP contribution in [0.25, 0.3) is 0 Å². The van der Waals surface area contributed by atoms with Crippen LogP contribution in [-0.4, -0.2) is 43.5 Å². The number of carbonyl (C=O) groups excluding carboxylic acids is 1. The number of aromatic nitrogens is 5. The van der Waals surface area contributed by atoms with Gasteiger partial charge >= 0.3 is 6.09 Å². The fourth-order valence-electron chi connectivity index (χ4n) is 3.81. The SMILES string of the molecule is Cc1ccc([C@H]2C[C@@H]2COc2nc(C)nc(NC(=O)OC(C)(C)C)c2Cc2nnc(C(C)(C)C)s2)nc1. The van der Waals surface area contributed by atoms with Gasteiger partial charge in [0.1, 0.15) is 27.3 Å². The van der Waals surface area contributed by atoms with Crippen LogP contribution in [0.15, 0.2) is 18.3 Å². The second-order valence-electron chi connectivity index (χ2n) is 11.6. The van der Waals surface area contributed by atoms with Gasteiger partial charge in [-0.1, -0.05) is 26.8 Å². The van der Waals surface area contributed by atoms with Gasteiger partial charge in [-0.3, -0.25) is 10.3 Å². The van der Waals surface area contributed by atoms with Crippen LogP contribution < -0.4 is 10.1 Å². The Morgan fingerprint density at radius 3 is 2.49 bits per heavy atom. The van der Waals surface area contributed by atoms with Crippen molar-refractivity contribution in [3.63, 3.8) is 0 Å². The number of carbonyl (C=O) groups is 1. The van der Waals surface area contributed by atoms with E-state index in [-0.39, 0.29) is 5.41 Å². The van der Waals surface area contributed by atoms with Gasteiger partial charge in [-0.2, -0.15) is 4.98 Å². The van der Waals surface area contributed by atoms with Crippen LogP contribution in [0.2, 0.25) is 0 Å². The monoisotopic (exact) mass is 524 g/mol. The first-order valence-corrected chi connectivity index (χ1v) is 13.4. The molecule has 1 N–H and O–H groups in total. The molecule has 0 spiro atoms. The molecule has 3 aromatic heterocycles. The number of hydrogen-bond donors (Lipinski definition) is 1. The minimum absolute atomic E-state index is 0.110. The van der Waals surface area contributed by atoms with Crippen LogP contribution in [0.3, 0.4) is 0 Å². The normalized spacial score (nSPS) is 17.4. The lowest BCUT2D eigenvalue weighted by Crippen LogP contribution is -2.28. The molecule has 37 heavy (non-hydrogen) atoms. The molecular weight excluding hydrogens is 488 g/mol. The van der Waals surface area contributed by atoms with E-state index >= 15 is 0 Å². The van der Waals surface area contributed by atoms with Crippen LogP contribution in [0.5, 0.6) is 5.88 Å². The molecule has 2 atom stereocenters. The maximum Gasteiger partial charge on any atom is 0.413 e. The Labute approximate surface area is 222 Å². The summed E-state index contributed by atoms with van der Waals surface area (Å²) >= 11 is 1.54. The van der Waals surface area contributed by atoms with Crippen molar-refractivity contribution in [2.24, 2.45) is 5.92 Å². The fourth-order valence-corrected chi connectivity index (χ4v) is 4.72. The van der Waals surface area contributed by atoms with E-state index in [4.69, 9.17) is 9.47 Å². The van der Waals surface area contributed by atoms with E-state index in [1.54, 1.807) is 6.92 Å². The minimum Gasteiger partial charge on any atom is -0.477 e. The molecule has 1 fully saturated rings. The molecule has 1 saturated carbocycles. The quantitative estimate of drug-likeness (QED) is 0.415. The molecule has 0 bridgehead atoms. The molecule has 0 aliphatic heterocycles. The van der Waals surface area contributed by atoms with Crippen LogP contribution in [0, 0.1) is 19.8 Å². The van der Waals surface area contributed by atoms with Gasteiger partial charge in [0.25, 0.3) is 0 Å². The zero-order valence-electron chi connectivity index (χ0n) is 22.9. The number of nitrogens with one attached hydrogen (secondary N) is 1. The summed E-state index contributed by atoms with van der Waals surface area (Å²) in [6.45, 7) is 16.1. The molecule has 3 heterocycles.